The van der Waals surface area contributed by atoms with Crippen molar-refractivity contribution >= 4 is 56.6 Å². The number of nitrogens with zero attached hydrogens (tertiary/aromatic N) is 3. The van der Waals surface area contributed by atoms with Crippen molar-refractivity contribution in [2.75, 3.05) is 25.5 Å². The van der Waals surface area contributed by atoms with Gasteiger partial charge in [0, 0.05) is 19.6 Å². The number of thiazole rings is 1. The number of rotatable bonds is 5. The van der Waals surface area contributed by atoms with Crippen molar-refractivity contribution in [3.8, 4) is 0 Å². The summed E-state index contributed by atoms with van der Waals surface area (Å²) in [5, 5.41) is 4.24. The van der Waals surface area contributed by atoms with E-state index in [4.69, 9.17) is 5.73 Å². The molecule has 2 aromatic rings. The second kappa shape index (κ2) is 7.26. The fourth-order valence-electron chi connectivity index (χ4n) is 2.04. The Morgan fingerprint density at radius 3 is 2.95 bits per heavy atom. The number of hydrogen-bond acceptors (Lipinski definition) is 4. The van der Waals surface area contributed by atoms with Gasteiger partial charge in [0.1, 0.15) is 0 Å². The summed E-state index contributed by atoms with van der Waals surface area (Å²) in [4.78, 5) is 11.0. The molecule has 21 heavy (non-hydrogen) atoms. The Morgan fingerprint density at radius 1 is 1.48 bits per heavy atom. The van der Waals surface area contributed by atoms with Crippen LogP contribution in [0.5, 0.6) is 0 Å². The maximum absolute atomic E-state index is 5.93. The number of nitrogens with two attached hydrogens (primary N) is 1. The number of aromatic nitrogens is 1. The van der Waals surface area contributed by atoms with Gasteiger partial charge in [0.2, 0.25) is 0 Å². The number of fused-ring (bicyclic) bond motifs is 1. The molecule has 0 saturated heterocycles. The molecule has 1 heterocycles. The average Bonchev–Trinajstić information content (AvgIpc) is 3.22. The van der Waals surface area contributed by atoms with E-state index in [-0.39, 0.29) is 24.0 Å². The second-order valence-electron chi connectivity index (χ2n) is 5.00. The molecule has 1 aromatic heterocycles. The molecule has 3 N–H and O–H groups in total. The minimum Gasteiger partial charge on any atom is -0.370 e. The zero-order chi connectivity index (χ0) is 13.9. The lowest BCUT2D eigenvalue weighted by molar-refractivity contribution is 0.488. The molecule has 0 spiro atoms. The van der Waals surface area contributed by atoms with Crippen LogP contribution in [0.25, 0.3) is 10.2 Å². The zero-order valence-corrected chi connectivity index (χ0v) is 15.1. The van der Waals surface area contributed by atoms with Crippen LogP contribution in [-0.4, -0.2) is 42.0 Å². The minimum atomic E-state index is 0. The van der Waals surface area contributed by atoms with E-state index in [2.05, 4.69) is 26.3 Å². The summed E-state index contributed by atoms with van der Waals surface area (Å²) in [7, 11) is 2.01. The lowest BCUT2D eigenvalue weighted by atomic mass is 10.3. The van der Waals surface area contributed by atoms with Crippen molar-refractivity contribution < 1.29 is 0 Å². The lowest BCUT2D eigenvalue weighted by Crippen LogP contribution is -2.36. The van der Waals surface area contributed by atoms with Gasteiger partial charge in [-0.15, -0.1) is 24.0 Å². The third-order valence-corrected chi connectivity index (χ3v) is 4.41. The lowest BCUT2D eigenvalue weighted by Gasteiger charge is -2.16. The van der Waals surface area contributed by atoms with Crippen LogP contribution in [0.1, 0.15) is 12.8 Å². The van der Waals surface area contributed by atoms with Crippen molar-refractivity contribution in [2.45, 2.75) is 18.9 Å². The van der Waals surface area contributed by atoms with Gasteiger partial charge >= 0.3 is 0 Å². The molecule has 0 amide bonds. The highest BCUT2D eigenvalue weighted by Crippen LogP contribution is 2.25. The Bertz CT molecular complexity index is 590. The van der Waals surface area contributed by atoms with Crippen LogP contribution in [0, 0.1) is 0 Å². The quantitative estimate of drug-likeness (QED) is 0.340. The average molecular weight is 417 g/mol. The predicted molar refractivity (Wildman–Crippen MR) is 101 cm³/mol. The Morgan fingerprint density at radius 2 is 2.24 bits per heavy atom. The summed E-state index contributed by atoms with van der Waals surface area (Å²) < 4.78 is 1.20. The number of nitrogens with one attached hydrogen (secondary N) is 1. The highest BCUT2D eigenvalue weighted by molar-refractivity contribution is 14.0. The molecule has 1 aromatic carbocycles. The Labute approximate surface area is 145 Å². The Kier molecular flexibility index (Phi) is 5.63. The number of para-hydroxylation sites is 1. The maximum atomic E-state index is 5.93. The monoisotopic (exact) mass is 417 g/mol. The normalized spacial score (nSPS) is 14.8. The molecule has 0 bridgehead atoms. The molecule has 5 nitrogen and oxygen atoms in total. The van der Waals surface area contributed by atoms with E-state index in [1.807, 2.05) is 25.2 Å². The molecule has 1 saturated carbocycles. The summed E-state index contributed by atoms with van der Waals surface area (Å²) in [6.07, 6.45) is 2.47. The number of benzene rings is 1. The Balaban J connectivity index is 0.00000161. The van der Waals surface area contributed by atoms with Gasteiger partial charge in [-0.2, -0.15) is 0 Å². The summed E-state index contributed by atoms with van der Waals surface area (Å²) in [5.41, 5.74) is 6.97. The molecule has 0 aliphatic heterocycles. The summed E-state index contributed by atoms with van der Waals surface area (Å²) in [6, 6.07) is 8.75. The third kappa shape index (κ3) is 4.19. The third-order valence-electron chi connectivity index (χ3n) is 3.41. The van der Waals surface area contributed by atoms with Crippen LogP contribution in [0.2, 0.25) is 0 Å². The van der Waals surface area contributed by atoms with Crippen LogP contribution in [0.15, 0.2) is 29.3 Å². The van der Waals surface area contributed by atoms with Crippen molar-refractivity contribution in [3.05, 3.63) is 24.3 Å². The minimum absolute atomic E-state index is 0. The second-order valence-corrected chi connectivity index (χ2v) is 6.03. The first-order valence-corrected chi connectivity index (χ1v) is 7.68. The molecular weight excluding hydrogens is 397 g/mol. The van der Waals surface area contributed by atoms with Crippen LogP contribution in [-0.2, 0) is 0 Å². The standard InChI is InChI=1S/C14H19N5S.HI/c1-19(10-6-7-10)13(15)16-8-9-17-14-18-11-4-2-3-5-12(11)20-14;/h2-5,10H,6-9H2,1H3,(H2,15,16)(H,17,18);1H. The topological polar surface area (TPSA) is 66.5 Å². The van der Waals surface area contributed by atoms with Crippen molar-refractivity contribution in [2.24, 2.45) is 10.7 Å². The number of hydrogen-bond donors (Lipinski definition) is 2. The van der Waals surface area contributed by atoms with Crippen molar-refractivity contribution in [1.82, 2.24) is 9.88 Å². The van der Waals surface area contributed by atoms with E-state index in [0.29, 0.717) is 18.5 Å². The number of anilines is 1. The van der Waals surface area contributed by atoms with Crippen molar-refractivity contribution in [1.29, 1.82) is 0 Å². The van der Waals surface area contributed by atoms with E-state index in [9.17, 15) is 0 Å². The molecule has 1 fully saturated rings. The number of guanidine groups is 1. The SMILES string of the molecule is CN(C(N)=NCCNc1nc2ccccc2s1)C1CC1.I. The summed E-state index contributed by atoms with van der Waals surface area (Å²) >= 11 is 1.66. The fraction of sp³-hybridized carbons (Fsp3) is 0.429. The van der Waals surface area contributed by atoms with Crippen LogP contribution in [0.4, 0.5) is 5.13 Å². The summed E-state index contributed by atoms with van der Waals surface area (Å²) in [6.45, 7) is 1.41. The van der Waals surface area contributed by atoms with Gasteiger partial charge < -0.3 is 16.0 Å². The van der Waals surface area contributed by atoms with Crippen LogP contribution in [0.3, 0.4) is 0 Å². The molecule has 114 valence electrons. The molecule has 0 radical (unpaired) electrons. The van der Waals surface area contributed by atoms with Gasteiger partial charge in [0.05, 0.1) is 16.8 Å². The predicted octanol–water partition coefficient (Wildman–Crippen LogP) is 2.74. The Hall–Kier alpha value is -1.09. The van der Waals surface area contributed by atoms with Gasteiger partial charge in [-0.05, 0) is 25.0 Å². The molecule has 0 atom stereocenters. The van der Waals surface area contributed by atoms with Gasteiger partial charge in [-0.3, -0.25) is 4.99 Å². The molecule has 0 unspecified atom stereocenters. The maximum Gasteiger partial charge on any atom is 0.191 e. The number of aliphatic imine (C=N–C) groups is 1. The van der Waals surface area contributed by atoms with E-state index < -0.39 is 0 Å². The van der Waals surface area contributed by atoms with Gasteiger partial charge in [-0.1, -0.05) is 23.5 Å². The van der Waals surface area contributed by atoms with Crippen LogP contribution < -0.4 is 11.1 Å². The molecule has 7 heteroatoms. The number of halogens is 1. The first kappa shape index (κ1) is 16.3. The van der Waals surface area contributed by atoms with E-state index in [0.717, 1.165) is 17.2 Å². The highest BCUT2D eigenvalue weighted by atomic mass is 127. The van der Waals surface area contributed by atoms with E-state index in [1.165, 1.54) is 17.5 Å². The smallest absolute Gasteiger partial charge is 0.191 e. The molecule has 1 aliphatic carbocycles. The fourth-order valence-corrected chi connectivity index (χ4v) is 2.93. The zero-order valence-electron chi connectivity index (χ0n) is 12.0. The van der Waals surface area contributed by atoms with Crippen LogP contribution >= 0.6 is 35.3 Å². The first-order valence-electron chi connectivity index (χ1n) is 6.86. The molecule has 1 aliphatic rings. The van der Waals surface area contributed by atoms with Gasteiger partial charge in [0.25, 0.3) is 0 Å². The molecular formula is C14H20IN5S. The van der Waals surface area contributed by atoms with Gasteiger partial charge in [0.15, 0.2) is 11.1 Å². The largest absolute Gasteiger partial charge is 0.370 e. The summed E-state index contributed by atoms with van der Waals surface area (Å²) in [5.74, 6) is 0.638. The first-order chi connectivity index (χ1) is 9.74. The highest BCUT2D eigenvalue weighted by Gasteiger charge is 2.27. The van der Waals surface area contributed by atoms with Crippen molar-refractivity contribution in [3.63, 3.8) is 0 Å². The molecule has 3 rings (SSSR count). The van der Waals surface area contributed by atoms with E-state index >= 15 is 0 Å². The van der Waals surface area contributed by atoms with Gasteiger partial charge in [-0.25, -0.2) is 4.98 Å². The van der Waals surface area contributed by atoms with E-state index in [1.54, 1.807) is 11.3 Å².